The van der Waals surface area contributed by atoms with Crippen LogP contribution in [0, 0.1) is 0 Å². The highest BCUT2D eigenvalue weighted by Crippen LogP contribution is 2.24. The van der Waals surface area contributed by atoms with Crippen LogP contribution in [0.4, 0.5) is 0 Å². The van der Waals surface area contributed by atoms with Gasteiger partial charge in [0, 0.05) is 12.8 Å². The van der Waals surface area contributed by atoms with Gasteiger partial charge in [0.1, 0.15) is 36.8 Å². The molecule has 13 heteroatoms. The monoisotopic (exact) mass is 929 g/mol. The van der Waals surface area contributed by atoms with Crippen molar-refractivity contribution in [3.8, 4) is 0 Å². The molecule has 0 aromatic heterocycles. The fraction of sp³-hybridized carbons (Fsp3) is 0.863. The Kier molecular flexibility index (Phi) is 38.5. The molecular formula is C51H92O12S. The molecule has 0 radical (unpaired) electrons. The highest BCUT2D eigenvalue weighted by atomic mass is 32.2. The number of aliphatic hydroxyl groups excluding tert-OH is 3. The van der Waals surface area contributed by atoms with Gasteiger partial charge < -0.3 is 34.3 Å². The molecule has 0 aliphatic carbocycles. The van der Waals surface area contributed by atoms with Gasteiger partial charge in [-0.25, -0.2) is 0 Å². The number of unbranched alkanes of at least 4 members (excludes halogenated alkanes) is 27. The van der Waals surface area contributed by atoms with E-state index >= 15 is 0 Å². The van der Waals surface area contributed by atoms with Crippen molar-refractivity contribution in [2.24, 2.45) is 0 Å². The molecule has 1 heterocycles. The molecule has 1 aliphatic rings. The lowest BCUT2D eigenvalue weighted by atomic mass is 10.00. The molecule has 0 amide bonds. The van der Waals surface area contributed by atoms with Crippen LogP contribution >= 0.6 is 0 Å². The molecular weight excluding hydrogens is 837 g/mol. The predicted molar refractivity (Wildman–Crippen MR) is 255 cm³/mol. The molecule has 0 aromatic rings. The quantitative estimate of drug-likeness (QED) is 0.0149. The molecule has 0 spiro atoms. The lowest BCUT2D eigenvalue weighted by Crippen LogP contribution is -2.60. The van der Waals surface area contributed by atoms with E-state index in [1.54, 1.807) is 0 Å². The van der Waals surface area contributed by atoms with Crippen LogP contribution in [0.25, 0.3) is 0 Å². The van der Waals surface area contributed by atoms with Gasteiger partial charge in [0.2, 0.25) is 0 Å². The molecule has 1 rings (SSSR count). The normalized spacial score (nSPS) is 19.4. The average Bonchev–Trinajstić information content (AvgIpc) is 3.26. The van der Waals surface area contributed by atoms with Crippen molar-refractivity contribution in [1.82, 2.24) is 0 Å². The van der Waals surface area contributed by atoms with Crippen LogP contribution in [0.2, 0.25) is 0 Å². The zero-order valence-corrected chi connectivity index (χ0v) is 41.0. The van der Waals surface area contributed by atoms with Crippen molar-refractivity contribution >= 4 is 22.1 Å². The number of carbonyl (C=O) groups excluding carboxylic acids is 2. The Balaban J connectivity index is 2.37. The largest absolute Gasteiger partial charge is 0.462 e. The summed E-state index contributed by atoms with van der Waals surface area (Å²) in [5.74, 6) is -2.00. The smallest absolute Gasteiger partial charge is 0.306 e. The summed E-state index contributed by atoms with van der Waals surface area (Å²) < 4.78 is 54.2. The van der Waals surface area contributed by atoms with Gasteiger partial charge in [-0.3, -0.25) is 14.1 Å². The maximum Gasteiger partial charge on any atom is 0.306 e. The lowest BCUT2D eigenvalue weighted by molar-refractivity contribution is -0.297. The summed E-state index contributed by atoms with van der Waals surface area (Å²) in [6.45, 7) is 3.75. The van der Waals surface area contributed by atoms with Gasteiger partial charge >= 0.3 is 11.9 Å². The number of ether oxygens (including phenoxy) is 4. The van der Waals surface area contributed by atoms with Gasteiger partial charge in [-0.15, -0.1) is 5.73 Å². The lowest BCUT2D eigenvalue weighted by Gasteiger charge is -2.40. The topological polar surface area (TPSA) is 186 Å². The second-order valence-electron chi connectivity index (χ2n) is 17.9. The van der Waals surface area contributed by atoms with Gasteiger partial charge in [-0.05, 0) is 76.4 Å². The summed E-state index contributed by atoms with van der Waals surface area (Å²) in [7, 11) is -4.61. The number of esters is 2. The minimum absolute atomic E-state index is 0.145. The number of hydrogen-bond acceptors (Lipinski definition) is 11. The van der Waals surface area contributed by atoms with Crippen LogP contribution in [0.15, 0.2) is 30.0 Å². The van der Waals surface area contributed by atoms with Crippen LogP contribution in [-0.2, 0) is 38.7 Å². The van der Waals surface area contributed by atoms with E-state index in [1.807, 2.05) is 0 Å². The minimum Gasteiger partial charge on any atom is -0.462 e. The standard InChI is InChI=1S/C51H92O12S/c1-3-5-7-9-11-13-15-17-19-20-21-22-23-24-26-27-29-31-33-35-37-39-46(52)60-41-44(42-61-51-50(56)49(55)48(54)45(63-51)43-64(57,58)59)62-47(53)40-38-36-34-32-30-28-25-18-16-14-12-10-8-6-4-2/h16-17,19,25,44-45,48-51,54-56H,3-15,20-24,26-43H2,1-2H3,(H,57,58,59)/b19-17+/t18?,44-,45-,48-,49?,50?,51+/m1/s1. The number of allylic oxidation sites excluding steroid dienone is 3. The fourth-order valence-electron chi connectivity index (χ4n) is 7.77. The Labute approximate surface area is 389 Å². The summed E-state index contributed by atoms with van der Waals surface area (Å²) in [5, 5.41) is 30.9. The van der Waals surface area contributed by atoms with Gasteiger partial charge in [0.25, 0.3) is 10.1 Å². The Morgan fingerprint density at radius 1 is 0.562 bits per heavy atom. The molecule has 0 aromatic carbocycles. The molecule has 0 saturated carbocycles. The maximum atomic E-state index is 12.8. The van der Waals surface area contributed by atoms with E-state index in [-0.39, 0.29) is 19.4 Å². The Morgan fingerprint density at radius 3 is 1.45 bits per heavy atom. The van der Waals surface area contributed by atoms with Crippen molar-refractivity contribution < 1.29 is 56.8 Å². The van der Waals surface area contributed by atoms with Gasteiger partial charge in [-0.1, -0.05) is 161 Å². The highest BCUT2D eigenvalue weighted by molar-refractivity contribution is 7.85. The third-order valence-electron chi connectivity index (χ3n) is 11.8. The predicted octanol–water partition coefficient (Wildman–Crippen LogP) is 11.3. The van der Waals surface area contributed by atoms with Crippen LogP contribution < -0.4 is 0 Å². The summed E-state index contributed by atoms with van der Waals surface area (Å²) in [5.41, 5.74) is 3.28. The van der Waals surface area contributed by atoms with Gasteiger partial charge in [0.05, 0.1) is 6.61 Å². The van der Waals surface area contributed by atoms with E-state index < -0.39 is 71.2 Å². The average molecular weight is 929 g/mol. The second kappa shape index (κ2) is 41.1. The van der Waals surface area contributed by atoms with Crippen molar-refractivity contribution in [2.45, 2.75) is 263 Å². The third-order valence-corrected chi connectivity index (χ3v) is 12.5. The van der Waals surface area contributed by atoms with E-state index in [0.717, 1.165) is 57.8 Å². The first-order valence-electron chi connectivity index (χ1n) is 25.6. The number of carbonyl (C=O) groups is 2. The zero-order chi connectivity index (χ0) is 46.9. The van der Waals surface area contributed by atoms with Crippen LogP contribution in [0.1, 0.15) is 226 Å². The molecule has 0 bridgehead atoms. The fourth-order valence-corrected chi connectivity index (χ4v) is 8.46. The first-order valence-corrected chi connectivity index (χ1v) is 27.2. The molecule has 6 atom stereocenters. The number of rotatable bonds is 43. The summed E-state index contributed by atoms with van der Waals surface area (Å²) in [4.78, 5) is 25.5. The van der Waals surface area contributed by atoms with E-state index in [4.69, 9.17) is 18.9 Å². The maximum absolute atomic E-state index is 12.8. The van der Waals surface area contributed by atoms with Crippen molar-refractivity contribution in [3.63, 3.8) is 0 Å². The van der Waals surface area contributed by atoms with Crippen LogP contribution in [0.5, 0.6) is 0 Å². The third kappa shape index (κ3) is 35.1. The molecule has 1 saturated heterocycles. The minimum atomic E-state index is -4.61. The summed E-state index contributed by atoms with van der Waals surface area (Å²) >= 11 is 0. The SMILES string of the molecule is CCCCCCCC=C=CCCCCCCCC(=O)O[C@H](COC(=O)CCCCCCCCCCCCC/C=C/CCCCCCCC)CO[C@H]1O[C@H](CS(=O)(=O)O)[C@@H](O)C(O)C1O. The van der Waals surface area contributed by atoms with Gasteiger partial charge in [0.15, 0.2) is 12.4 Å². The van der Waals surface area contributed by atoms with Crippen molar-refractivity contribution in [2.75, 3.05) is 19.0 Å². The van der Waals surface area contributed by atoms with Crippen LogP contribution in [0.3, 0.4) is 0 Å². The van der Waals surface area contributed by atoms with E-state index in [1.165, 1.54) is 128 Å². The first-order chi connectivity index (χ1) is 31.0. The molecule has 12 nitrogen and oxygen atoms in total. The van der Waals surface area contributed by atoms with E-state index in [9.17, 15) is 37.9 Å². The zero-order valence-electron chi connectivity index (χ0n) is 40.2. The molecule has 1 fully saturated rings. The van der Waals surface area contributed by atoms with Gasteiger partial charge in [-0.2, -0.15) is 8.42 Å². The Hall–Kier alpha value is -2.09. The highest BCUT2D eigenvalue weighted by Gasteiger charge is 2.46. The summed E-state index contributed by atoms with van der Waals surface area (Å²) in [6.07, 6.45) is 35.7. The first kappa shape index (κ1) is 59.9. The molecule has 4 N–H and O–H groups in total. The molecule has 374 valence electrons. The van der Waals surface area contributed by atoms with Crippen molar-refractivity contribution in [3.05, 3.63) is 30.0 Å². The Bertz CT molecular complexity index is 1330. The van der Waals surface area contributed by atoms with Crippen LogP contribution in [-0.4, -0.2) is 96.0 Å². The van der Waals surface area contributed by atoms with Crippen molar-refractivity contribution in [1.29, 1.82) is 0 Å². The molecule has 64 heavy (non-hydrogen) atoms. The number of aliphatic hydroxyl groups is 3. The Morgan fingerprint density at radius 2 is 0.984 bits per heavy atom. The number of hydrogen-bond donors (Lipinski definition) is 4. The summed E-state index contributed by atoms with van der Waals surface area (Å²) in [6, 6.07) is 0. The van der Waals surface area contributed by atoms with E-state index in [2.05, 4.69) is 43.9 Å². The molecule has 2 unspecified atom stereocenters. The van der Waals surface area contributed by atoms with E-state index in [0.29, 0.717) is 12.8 Å². The second-order valence-corrected chi connectivity index (χ2v) is 19.4. The molecule has 1 aliphatic heterocycles.